The molecule has 0 unspecified atom stereocenters. The zero-order valence-electron chi connectivity index (χ0n) is 20.4. The van der Waals surface area contributed by atoms with Gasteiger partial charge in [-0.3, -0.25) is 14.2 Å². The van der Waals surface area contributed by atoms with Crippen molar-refractivity contribution in [1.29, 1.82) is 0 Å². The van der Waals surface area contributed by atoms with Crippen molar-refractivity contribution in [3.8, 4) is 17.1 Å². The highest BCUT2D eigenvalue weighted by Gasteiger charge is 2.15. The number of thiophene rings is 1. The molecule has 1 aromatic carbocycles. The van der Waals surface area contributed by atoms with Crippen molar-refractivity contribution in [1.82, 2.24) is 24.5 Å². The normalized spacial score (nSPS) is 13.8. The highest BCUT2D eigenvalue weighted by atomic mass is 35.5. The Balaban J connectivity index is 1.32. The van der Waals surface area contributed by atoms with E-state index in [0.29, 0.717) is 45.8 Å². The molecule has 0 atom stereocenters. The minimum absolute atomic E-state index is 0.0335. The molecule has 1 aliphatic heterocycles. The summed E-state index contributed by atoms with van der Waals surface area (Å²) in [6.45, 7) is 3.86. The van der Waals surface area contributed by atoms with Crippen LogP contribution in [0.1, 0.15) is 41.0 Å². The number of hydrogen-bond donors (Lipinski definition) is 0. The highest BCUT2D eigenvalue weighted by molar-refractivity contribution is 7.18. The van der Waals surface area contributed by atoms with Gasteiger partial charge < -0.3 is 9.64 Å². The van der Waals surface area contributed by atoms with Gasteiger partial charge in [0.25, 0.3) is 5.56 Å². The Bertz CT molecular complexity index is 1420. The maximum Gasteiger partial charge on any atom is 0.255 e. The molecule has 1 aliphatic rings. The Morgan fingerprint density at radius 2 is 1.97 bits per heavy atom. The third kappa shape index (κ3) is 6.36. The number of likely N-dealkylation sites (tertiary alicyclic amines) is 1. The van der Waals surface area contributed by atoms with Crippen molar-refractivity contribution in [2.24, 2.45) is 0 Å². The number of ketones is 1. The summed E-state index contributed by atoms with van der Waals surface area (Å²) in [6.07, 6.45) is 7.78. The number of rotatable bonds is 11. The molecule has 192 valence electrons. The van der Waals surface area contributed by atoms with E-state index in [-0.39, 0.29) is 11.3 Å². The van der Waals surface area contributed by atoms with Crippen LogP contribution in [0.25, 0.3) is 11.4 Å². The van der Waals surface area contributed by atoms with Crippen molar-refractivity contribution in [3.63, 3.8) is 0 Å². The van der Waals surface area contributed by atoms with Crippen LogP contribution in [0, 0.1) is 0 Å². The lowest BCUT2D eigenvalue weighted by molar-refractivity contribution is 0.0986. The Labute approximate surface area is 224 Å². The molecule has 0 spiro atoms. The minimum Gasteiger partial charge on any atom is -0.491 e. The summed E-state index contributed by atoms with van der Waals surface area (Å²) < 4.78 is 10.1. The summed E-state index contributed by atoms with van der Waals surface area (Å²) in [7, 11) is 0. The molecular weight excluding hydrogens is 510 g/mol. The molecule has 4 heterocycles. The van der Waals surface area contributed by atoms with Crippen molar-refractivity contribution in [3.05, 3.63) is 86.2 Å². The van der Waals surface area contributed by atoms with Crippen LogP contribution in [0.4, 0.5) is 0 Å². The number of ether oxygens (including phenoxy) is 1. The fourth-order valence-electron chi connectivity index (χ4n) is 4.43. The fraction of sp³-hybridized carbons (Fsp3) is 0.333. The van der Waals surface area contributed by atoms with Crippen LogP contribution in [0.15, 0.2) is 65.7 Å². The first-order valence-electron chi connectivity index (χ1n) is 12.4. The van der Waals surface area contributed by atoms with E-state index in [9.17, 15) is 9.59 Å². The van der Waals surface area contributed by atoms with Gasteiger partial charge in [0.1, 0.15) is 11.4 Å². The number of pyridine rings is 1. The van der Waals surface area contributed by atoms with Crippen molar-refractivity contribution in [2.45, 2.75) is 32.1 Å². The largest absolute Gasteiger partial charge is 0.491 e. The van der Waals surface area contributed by atoms with E-state index < -0.39 is 0 Å². The van der Waals surface area contributed by atoms with Gasteiger partial charge in [-0.2, -0.15) is 0 Å². The van der Waals surface area contributed by atoms with Gasteiger partial charge in [0.15, 0.2) is 5.78 Å². The summed E-state index contributed by atoms with van der Waals surface area (Å²) in [5.74, 6) is 0.654. The number of nitrogens with zero attached hydrogens (tertiary/aromatic N) is 5. The Morgan fingerprint density at radius 3 is 2.76 bits per heavy atom. The Hall–Kier alpha value is -3.27. The zero-order chi connectivity index (χ0) is 25.6. The number of aromatic nitrogens is 4. The first kappa shape index (κ1) is 25.4. The standard InChI is InChI=1S/C27H28ClN5O3S/c28-26-12-11-25(37-26)23(34)10-7-20-19-33(30-29-20)22-9-8-21(32-16-2-1-6-27(32)35)18-24(22)36-17-5-15-31-13-3-4-14-31/h1-2,6,8-9,11-12,16,18-19H,3-5,7,10,13-15,17H2. The quantitative estimate of drug-likeness (QED) is 0.202. The zero-order valence-corrected chi connectivity index (χ0v) is 22.0. The van der Waals surface area contributed by atoms with Crippen LogP contribution < -0.4 is 10.3 Å². The van der Waals surface area contributed by atoms with Crippen molar-refractivity contribution >= 4 is 28.7 Å². The van der Waals surface area contributed by atoms with Crippen LogP contribution in [0.3, 0.4) is 0 Å². The third-order valence-electron chi connectivity index (χ3n) is 6.36. The van der Waals surface area contributed by atoms with Gasteiger partial charge in [-0.25, -0.2) is 4.68 Å². The van der Waals surface area contributed by atoms with E-state index >= 15 is 0 Å². The number of hydrogen-bond acceptors (Lipinski definition) is 7. The van der Waals surface area contributed by atoms with E-state index in [4.69, 9.17) is 16.3 Å². The first-order chi connectivity index (χ1) is 18.1. The van der Waals surface area contributed by atoms with Gasteiger partial charge in [0, 0.05) is 37.7 Å². The van der Waals surface area contributed by atoms with E-state index in [2.05, 4.69) is 15.2 Å². The van der Waals surface area contributed by atoms with Gasteiger partial charge in [-0.15, -0.1) is 16.4 Å². The van der Waals surface area contributed by atoms with Crippen molar-refractivity contribution in [2.75, 3.05) is 26.2 Å². The molecule has 0 saturated carbocycles. The topological polar surface area (TPSA) is 82.3 Å². The predicted molar refractivity (Wildman–Crippen MR) is 145 cm³/mol. The summed E-state index contributed by atoms with van der Waals surface area (Å²) >= 11 is 7.24. The molecule has 37 heavy (non-hydrogen) atoms. The van der Waals surface area contributed by atoms with Gasteiger partial charge in [0.05, 0.1) is 33.4 Å². The second-order valence-electron chi connectivity index (χ2n) is 8.99. The molecule has 10 heteroatoms. The molecule has 4 aromatic rings. The first-order valence-corrected chi connectivity index (χ1v) is 13.6. The maximum atomic E-state index is 12.4. The van der Waals surface area contributed by atoms with E-state index in [1.807, 2.05) is 30.5 Å². The van der Waals surface area contributed by atoms with Crippen LogP contribution >= 0.6 is 22.9 Å². The number of Topliss-reactive ketones (excluding diaryl/α,β-unsaturated/α-hetero) is 1. The molecule has 0 N–H and O–H groups in total. The number of halogens is 1. The minimum atomic E-state index is -0.116. The van der Waals surface area contributed by atoms with Crippen LogP contribution in [0.2, 0.25) is 4.34 Å². The number of carbonyl (C=O) groups is 1. The fourth-order valence-corrected chi connectivity index (χ4v) is 5.44. The van der Waals surface area contributed by atoms with Crippen LogP contribution in [-0.4, -0.2) is 56.5 Å². The summed E-state index contributed by atoms with van der Waals surface area (Å²) in [5, 5.41) is 8.56. The molecule has 0 bridgehead atoms. The second kappa shape index (κ2) is 11.9. The highest BCUT2D eigenvalue weighted by Crippen LogP contribution is 2.27. The molecule has 1 fully saturated rings. The van der Waals surface area contributed by atoms with E-state index in [0.717, 1.165) is 31.7 Å². The molecule has 5 rings (SSSR count). The molecule has 1 saturated heterocycles. The number of carbonyl (C=O) groups excluding carboxylic acids is 1. The molecular formula is C27H28ClN5O3S. The molecule has 0 amide bonds. The molecule has 8 nitrogen and oxygen atoms in total. The Morgan fingerprint density at radius 1 is 1.11 bits per heavy atom. The summed E-state index contributed by atoms with van der Waals surface area (Å²) in [5.41, 5.74) is 2.03. The monoisotopic (exact) mass is 537 g/mol. The van der Waals surface area contributed by atoms with Crippen LogP contribution in [-0.2, 0) is 6.42 Å². The second-order valence-corrected chi connectivity index (χ2v) is 10.7. The SMILES string of the molecule is O=C(CCc1cn(-c2ccc(-n3ccccc3=O)cc2OCCCN2CCCC2)nn1)c1ccc(Cl)s1. The molecule has 0 aliphatic carbocycles. The molecule has 3 aromatic heterocycles. The lowest BCUT2D eigenvalue weighted by Crippen LogP contribution is -2.22. The number of aryl methyl sites for hydroxylation is 1. The summed E-state index contributed by atoms with van der Waals surface area (Å²) in [6, 6.07) is 14.1. The Kier molecular flexibility index (Phi) is 8.13. The van der Waals surface area contributed by atoms with Gasteiger partial charge in [0.2, 0.25) is 0 Å². The average molecular weight is 538 g/mol. The van der Waals surface area contributed by atoms with Crippen molar-refractivity contribution < 1.29 is 9.53 Å². The predicted octanol–water partition coefficient (Wildman–Crippen LogP) is 4.81. The van der Waals surface area contributed by atoms with Crippen LogP contribution in [0.5, 0.6) is 5.75 Å². The smallest absolute Gasteiger partial charge is 0.255 e. The maximum absolute atomic E-state index is 12.4. The lowest BCUT2D eigenvalue weighted by atomic mass is 10.1. The van der Waals surface area contributed by atoms with Gasteiger partial charge >= 0.3 is 0 Å². The third-order valence-corrected chi connectivity index (χ3v) is 7.64. The lowest BCUT2D eigenvalue weighted by Gasteiger charge is -2.16. The average Bonchev–Trinajstić information content (AvgIpc) is 3.68. The van der Waals surface area contributed by atoms with E-state index in [1.54, 1.807) is 33.6 Å². The molecule has 0 radical (unpaired) electrons. The summed E-state index contributed by atoms with van der Waals surface area (Å²) in [4.78, 5) is 27.9. The van der Waals surface area contributed by atoms with Gasteiger partial charge in [-0.1, -0.05) is 22.9 Å². The van der Waals surface area contributed by atoms with E-state index in [1.165, 1.54) is 30.2 Å². The number of benzene rings is 1. The van der Waals surface area contributed by atoms with Gasteiger partial charge in [-0.05, 0) is 62.7 Å².